The molecule has 1 aliphatic heterocycles. The molecule has 0 bridgehead atoms. The Morgan fingerprint density at radius 3 is 2.23 bits per heavy atom. The second kappa shape index (κ2) is 10.1. The summed E-state index contributed by atoms with van der Waals surface area (Å²) in [7, 11) is 0. The fraction of sp³-hybridized carbons (Fsp3) is 0.308. The van der Waals surface area contributed by atoms with Crippen molar-refractivity contribution in [2.24, 2.45) is 5.92 Å². The highest BCUT2D eigenvalue weighted by Gasteiger charge is 2.22. The standard InChI is InChI=1S/C26H28N2O2/c29-26(19-21-4-2-1-3-5-21)28-16-12-23(13-17-28)18-22-6-8-24(9-7-22)20-30-25-10-14-27-15-11-25/h1-11,14-15,23H,12-13,16-20H2. The number of rotatable bonds is 7. The monoisotopic (exact) mass is 400 g/mol. The van der Waals surface area contributed by atoms with Crippen LogP contribution in [0.3, 0.4) is 0 Å². The van der Waals surface area contributed by atoms with Gasteiger partial charge in [-0.2, -0.15) is 0 Å². The van der Waals surface area contributed by atoms with Crippen LogP contribution in [0.2, 0.25) is 0 Å². The van der Waals surface area contributed by atoms with Crippen LogP contribution >= 0.6 is 0 Å². The van der Waals surface area contributed by atoms with Crippen molar-refractivity contribution in [3.63, 3.8) is 0 Å². The normalized spacial score (nSPS) is 14.5. The molecule has 0 aliphatic carbocycles. The molecule has 1 aliphatic rings. The number of pyridine rings is 1. The Hall–Kier alpha value is -3.14. The number of hydrogen-bond donors (Lipinski definition) is 0. The number of ether oxygens (including phenoxy) is 1. The summed E-state index contributed by atoms with van der Waals surface area (Å²) in [6, 6.07) is 22.5. The summed E-state index contributed by atoms with van der Waals surface area (Å²) in [4.78, 5) is 18.6. The summed E-state index contributed by atoms with van der Waals surface area (Å²) in [6.45, 7) is 2.30. The lowest BCUT2D eigenvalue weighted by atomic mass is 9.89. The average molecular weight is 401 g/mol. The zero-order valence-electron chi connectivity index (χ0n) is 17.2. The number of benzene rings is 2. The molecule has 0 saturated carbocycles. The van der Waals surface area contributed by atoms with Crippen molar-refractivity contribution in [3.8, 4) is 5.75 Å². The zero-order chi connectivity index (χ0) is 20.6. The summed E-state index contributed by atoms with van der Waals surface area (Å²) in [6.07, 6.45) is 7.21. The van der Waals surface area contributed by atoms with Gasteiger partial charge in [0.05, 0.1) is 6.42 Å². The fourth-order valence-corrected chi connectivity index (χ4v) is 3.97. The van der Waals surface area contributed by atoms with Gasteiger partial charge in [-0.05, 0) is 54.0 Å². The van der Waals surface area contributed by atoms with Crippen molar-refractivity contribution >= 4 is 5.91 Å². The summed E-state index contributed by atoms with van der Waals surface area (Å²) in [5.41, 5.74) is 3.62. The van der Waals surface area contributed by atoms with E-state index in [1.807, 2.05) is 47.4 Å². The lowest BCUT2D eigenvalue weighted by Gasteiger charge is -2.32. The lowest BCUT2D eigenvalue weighted by molar-refractivity contribution is -0.131. The number of nitrogens with zero attached hydrogens (tertiary/aromatic N) is 2. The van der Waals surface area contributed by atoms with Gasteiger partial charge in [0.1, 0.15) is 12.4 Å². The van der Waals surface area contributed by atoms with Gasteiger partial charge >= 0.3 is 0 Å². The Bertz CT molecular complexity index is 918. The fourth-order valence-electron chi connectivity index (χ4n) is 3.97. The molecule has 154 valence electrons. The summed E-state index contributed by atoms with van der Waals surface area (Å²) < 4.78 is 5.78. The van der Waals surface area contributed by atoms with Crippen LogP contribution in [0.4, 0.5) is 0 Å². The van der Waals surface area contributed by atoms with E-state index in [1.165, 1.54) is 5.56 Å². The molecule has 4 nitrogen and oxygen atoms in total. The molecule has 0 radical (unpaired) electrons. The Kier molecular flexibility index (Phi) is 6.75. The molecule has 1 amide bonds. The Labute approximate surface area is 178 Å². The predicted molar refractivity (Wildman–Crippen MR) is 118 cm³/mol. The Morgan fingerprint density at radius 1 is 0.867 bits per heavy atom. The van der Waals surface area contributed by atoms with E-state index >= 15 is 0 Å². The van der Waals surface area contributed by atoms with Crippen LogP contribution in [0, 0.1) is 5.92 Å². The van der Waals surface area contributed by atoms with Crippen molar-refractivity contribution < 1.29 is 9.53 Å². The van der Waals surface area contributed by atoms with Gasteiger partial charge in [-0.3, -0.25) is 9.78 Å². The molecule has 30 heavy (non-hydrogen) atoms. The Morgan fingerprint density at radius 2 is 1.53 bits per heavy atom. The van der Waals surface area contributed by atoms with Crippen molar-refractivity contribution in [3.05, 3.63) is 95.8 Å². The first kappa shape index (κ1) is 20.1. The number of aromatic nitrogens is 1. The van der Waals surface area contributed by atoms with Gasteiger partial charge in [-0.1, -0.05) is 54.6 Å². The van der Waals surface area contributed by atoms with Crippen LogP contribution in [0.1, 0.15) is 29.5 Å². The van der Waals surface area contributed by atoms with Gasteiger partial charge in [-0.15, -0.1) is 0 Å². The number of carbonyl (C=O) groups is 1. The van der Waals surface area contributed by atoms with E-state index < -0.39 is 0 Å². The number of likely N-dealkylation sites (tertiary alicyclic amines) is 1. The second-order valence-electron chi connectivity index (χ2n) is 7.98. The Balaban J connectivity index is 1.21. The molecular formula is C26H28N2O2. The largest absolute Gasteiger partial charge is 0.489 e. The van der Waals surface area contributed by atoms with Crippen molar-refractivity contribution in [2.75, 3.05) is 13.1 Å². The number of piperidine rings is 1. The van der Waals surface area contributed by atoms with E-state index in [-0.39, 0.29) is 5.91 Å². The molecule has 0 unspecified atom stereocenters. The SMILES string of the molecule is O=C(Cc1ccccc1)N1CCC(Cc2ccc(COc3ccncc3)cc2)CC1. The molecule has 1 fully saturated rings. The smallest absolute Gasteiger partial charge is 0.226 e. The molecule has 4 heteroatoms. The lowest BCUT2D eigenvalue weighted by Crippen LogP contribution is -2.39. The quantitative estimate of drug-likeness (QED) is 0.578. The number of hydrogen-bond acceptors (Lipinski definition) is 3. The molecule has 0 atom stereocenters. The molecular weight excluding hydrogens is 372 g/mol. The minimum Gasteiger partial charge on any atom is -0.489 e. The number of amides is 1. The molecule has 3 aromatic rings. The van der Waals surface area contributed by atoms with E-state index in [0.29, 0.717) is 18.9 Å². The van der Waals surface area contributed by atoms with Gasteiger partial charge in [0.15, 0.2) is 0 Å². The molecule has 1 aromatic heterocycles. The first-order valence-corrected chi connectivity index (χ1v) is 10.7. The van der Waals surface area contributed by atoms with Crippen molar-refractivity contribution in [1.82, 2.24) is 9.88 Å². The maximum atomic E-state index is 12.5. The molecule has 4 rings (SSSR count). The summed E-state index contributed by atoms with van der Waals surface area (Å²) >= 11 is 0. The molecule has 1 saturated heterocycles. The van der Waals surface area contributed by atoms with Crippen LogP contribution in [0.5, 0.6) is 5.75 Å². The van der Waals surface area contributed by atoms with Gasteiger partial charge in [0, 0.05) is 25.5 Å². The van der Waals surface area contributed by atoms with Crippen molar-refractivity contribution in [2.45, 2.75) is 32.3 Å². The van der Waals surface area contributed by atoms with E-state index in [2.05, 4.69) is 29.2 Å². The minimum absolute atomic E-state index is 0.248. The highest BCUT2D eigenvalue weighted by atomic mass is 16.5. The van der Waals surface area contributed by atoms with E-state index in [0.717, 1.165) is 49.2 Å². The molecule has 0 spiro atoms. The van der Waals surface area contributed by atoms with E-state index in [1.54, 1.807) is 12.4 Å². The van der Waals surface area contributed by atoms with Crippen LogP contribution in [-0.4, -0.2) is 28.9 Å². The molecule has 2 heterocycles. The van der Waals surface area contributed by atoms with Crippen molar-refractivity contribution in [1.29, 1.82) is 0 Å². The maximum absolute atomic E-state index is 12.5. The van der Waals surface area contributed by atoms with Crippen LogP contribution in [0.25, 0.3) is 0 Å². The van der Waals surface area contributed by atoms with E-state index in [4.69, 9.17) is 4.74 Å². The van der Waals surface area contributed by atoms with Gasteiger partial charge in [0.25, 0.3) is 0 Å². The first-order chi connectivity index (χ1) is 14.8. The molecule has 2 aromatic carbocycles. The van der Waals surface area contributed by atoms with E-state index in [9.17, 15) is 4.79 Å². The van der Waals surface area contributed by atoms with Crippen LogP contribution < -0.4 is 4.74 Å². The van der Waals surface area contributed by atoms with Crippen LogP contribution in [0.15, 0.2) is 79.1 Å². The minimum atomic E-state index is 0.248. The third-order valence-corrected chi connectivity index (χ3v) is 5.77. The summed E-state index contributed by atoms with van der Waals surface area (Å²) in [5, 5.41) is 0. The van der Waals surface area contributed by atoms with Gasteiger partial charge in [0.2, 0.25) is 5.91 Å². The average Bonchev–Trinajstić information content (AvgIpc) is 2.80. The number of carbonyl (C=O) groups excluding carboxylic acids is 1. The zero-order valence-corrected chi connectivity index (χ0v) is 17.2. The highest BCUT2D eigenvalue weighted by Crippen LogP contribution is 2.23. The topological polar surface area (TPSA) is 42.4 Å². The third-order valence-electron chi connectivity index (χ3n) is 5.77. The highest BCUT2D eigenvalue weighted by molar-refractivity contribution is 5.78. The summed E-state index contributed by atoms with van der Waals surface area (Å²) in [5.74, 6) is 1.73. The predicted octanol–water partition coefficient (Wildman–Crippen LogP) is 4.68. The third kappa shape index (κ3) is 5.69. The van der Waals surface area contributed by atoms with Crippen LogP contribution in [-0.2, 0) is 24.2 Å². The van der Waals surface area contributed by atoms with Gasteiger partial charge in [-0.25, -0.2) is 0 Å². The molecule has 0 N–H and O–H groups in total. The first-order valence-electron chi connectivity index (χ1n) is 10.7. The second-order valence-corrected chi connectivity index (χ2v) is 7.98. The van der Waals surface area contributed by atoms with Gasteiger partial charge < -0.3 is 9.64 Å². The maximum Gasteiger partial charge on any atom is 0.226 e.